The SMILES string of the molecule is Cc1cccc(N2CC(c3cc(=O)n4[nH]c(C)c(-c5ccccc5)c4n3)CC2=O)c1. The van der Waals surface area contributed by atoms with E-state index in [2.05, 4.69) is 5.10 Å². The van der Waals surface area contributed by atoms with Crippen LogP contribution in [0.15, 0.2) is 65.5 Å². The van der Waals surface area contributed by atoms with Gasteiger partial charge < -0.3 is 4.90 Å². The smallest absolute Gasteiger partial charge is 0.272 e. The lowest BCUT2D eigenvalue weighted by Crippen LogP contribution is -2.24. The van der Waals surface area contributed by atoms with Crippen molar-refractivity contribution in [1.29, 1.82) is 0 Å². The predicted octanol–water partition coefficient (Wildman–Crippen LogP) is 3.83. The Morgan fingerprint density at radius 3 is 2.57 bits per heavy atom. The maximum atomic E-state index is 12.8. The summed E-state index contributed by atoms with van der Waals surface area (Å²) < 4.78 is 1.48. The molecule has 2 aromatic carbocycles. The molecule has 1 saturated heterocycles. The Balaban J connectivity index is 1.57. The molecule has 1 unspecified atom stereocenters. The molecule has 5 rings (SSSR count). The van der Waals surface area contributed by atoms with Gasteiger partial charge >= 0.3 is 0 Å². The number of benzene rings is 2. The number of H-pyrrole nitrogens is 1. The number of aryl methyl sites for hydroxylation is 2. The largest absolute Gasteiger partial charge is 0.312 e. The fourth-order valence-corrected chi connectivity index (χ4v) is 4.28. The Kier molecular flexibility index (Phi) is 4.28. The molecule has 1 amide bonds. The molecular weight excluding hydrogens is 376 g/mol. The van der Waals surface area contributed by atoms with Crippen LogP contribution in [0.2, 0.25) is 0 Å². The molecule has 1 atom stereocenters. The van der Waals surface area contributed by atoms with E-state index in [1.807, 2.05) is 68.4 Å². The Bertz CT molecular complexity index is 1320. The molecule has 0 aliphatic carbocycles. The fraction of sp³-hybridized carbons (Fsp3) is 0.208. The van der Waals surface area contributed by atoms with Crippen molar-refractivity contribution < 1.29 is 4.79 Å². The average Bonchev–Trinajstić information content (AvgIpc) is 3.28. The Hall–Kier alpha value is -3.67. The van der Waals surface area contributed by atoms with E-state index in [-0.39, 0.29) is 17.4 Å². The van der Waals surface area contributed by atoms with Crippen molar-refractivity contribution in [3.8, 4) is 11.1 Å². The van der Waals surface area contributed by atoms with Gasteiger partial charge in [-0.1, -0.05) is 42.5 Å². The molecule has 3 heterocycles. The molecular formula is C24H22N4O2. The van der Waals surface area contributed by atoms with E-state index < -0.39 is 0 Å². The number of nitrogens with zero attached hydrogens (tertiary/aromatic N) is 3. The van der Waals surface area contributed by atoms with Crippen LogP contribution in [0.4, 0.5) is 5.69 Å². The first-order chi connectivity index (χ1) is 14.5. The van der Waals surface area contributed by atoms with Gasteiger partial charge in [-0.25, -0.2) is 9.50 Å². The minimum absolute atomic E-state index is 0.0566. The number of hydrogen-bond donors (Lipinski definition) is 1. The maximum Gasteiger partial charge on any atom is 0.272 e. The molecule has 4 aromatic rings. The lowest BCUT2D eigenvalue weighted by atomic mass is 10.0. The van der Waals surface area contributed by atoms with Crippen LogP contribution in [0.1, 0.15) is 29.3 Å². The van der Waals surface area contributed by atoms with Crippen LogP contribution in [0, 0.1) is 13.8 Å². The summed E-state index contributed by atoms with van der Waals surface area (Å²) in [6.07, 6.45) is 0.348. The Morgan fingerprint density at radius 2 is 1.80 bits per heavy atom. The summed E-state index contributed by atoms with van der Waals surface area (Å²) in [7, 11) is 0. The van der Waals surface area contributed by atoms with E-state index >= 15 is 0 Å². The molecule has 0 bridgehead atoms. The van der Waals surface area contributed by atoms with Crippen molar-refractivity contribution in [1.82, 2.24) is 14.6 Å². The van der Waals surface area contributed by atoms with E-state index in [9.17, 15) is 9.59 Å². The highest BCUT2D eigenvalue weighted by molar-refractivity contribution is 5.96. The summed E-state index contributed by atoms with van der Waals surface area (Å²) in [5, 5.41) is 3.13. The summed E-state index contributed by atoms with van der Waals surface area (Å²) in [5.74, 6) is -0.0596. The number of hydrogen-bond acceptors (Lipinski definition) is 3. The predicted molar refractivity (Wildman–Crippen MR) is 117 cm³/mol. The summed E-state index contributed by atoms with van der Waals surface area (Å²) in [4.78, 5) is 32.2. The number of amides is 1. The molecule has 6 nitrogen and oxygen atoms in total. The van der Waals surface area contributed by atoms with Crippen LogP contribution >= 0.6 is 0 Å². The zero-order chi connectivity index (χ0) is 20.8. The van der Waals surface area contributed by atoms with Gasteiger partial charge in [0.05, 0.1) is 5.69 Å². The monoisotopic (exact) mass is 398 g/mol. The first kappa shape index (κ1) is 18.4. The molecule has 1 aliphatic rings. The van der Waals surface area contributed by atoms with Crippen LogP contribution < -0.4 is 10.5 Å². The molecule has 0 radical (unpaired) electrons. The zero-order valence-corrected chi connectivity index (χ0v) is 16.9. The van der Waals surface area contributed by atoms with Gasteiger partial charge in [-0.05, 0) is 37.1 Å². The van der Waals surface area contributed by atoms with Gasteiger partial charge in [0.2, 0.25) is 5.91 Å². The summed E-state index contributed by atoms with van der Waals surface area (Å²) >= 11 is 0. The summed E-state index contributed by atoms with van der Waals surface area (Å²) in [6.45, 7) is 4.47. The highest BCUT2D eigenvalue weighted by atomic mass is 16.2. The third kappa shape index (κ3) is 3.01. The van der Waals surface area contributed by atoms with Crippen LogP contribution in [0.25, 0.3) is 16.8 Å². The third-order valence-electron chi connectivity index (χ3n) is 5.74. The average molecular weight is 398 g/mol. The van der Waals surface area contributed by atoms with Crippen LogP contribution in [-0.4, -0.2) is 27.0 Å². The fourth-order valence-electron chi connectivity index (χ4n) is 4.28. The highest BCUT2D eigenvalue weighted by Crippen LogP contribution is 2.32. The molecule has 0 saturated carbocycles. The van der Waals surface area contributed by atoms with E-state index in [0.717, 1.165) is 28.1 Å². The van der Waals surface area contributed by atoms with Gasteiger partial charge in [-0.15, -0.1) is 0 Å². The minimum Gasteiger partial charge on any atom is -0.312 e. The summed E-state index contributed by atoms with van der Waals surface area (Å²) in [5.41, 5.74) is 5.90. The molecule has 1 N–H and O–H groups in total. The second kappa shape index (κ2) is 6.99. The number of anilines is 1. The molecule has 30 heavy (non-hydrogen) atoms. The standard InChI is InChI=1S/C24H22N4O2/c1-15-7-6-10-19(11-15)27-14-18(12-21(27)29)20-13-22(30)28-24(25-20)23(16(2)26-28)17-8-4-3-5-9-17/h3-11,13,18,26H,12,14H2,1-2H3. The van der Waals surface area contributed by atoms with E-state index in [1.54, 1.807) is 11.0 Å². The zero-order valence-electron chi connectivity index (χ0n) is 16.9. The molecule has 0 spiro atoms. The number of fused-ring (bicyclic) bond motifs is 1. The van der Waals surface area contributed by atoms with Gasteiger partial charge in [-0.3, -0.25) is 14.7 Å². The number of rotatable bonds is 3. The molecule has 1 fully saturated rings. The van der Waals surface area contributed by atoms with Gasteiger partial charge in [0, 0.05) is 41.9 Å². The second-order valence-electron chi connectivity index (χ2n) is 7.90. The molecule has 1 aliphatic heterocycles. The number of aromatic amines is 1. The van der Waals surface area contributed by atoms with E-state index in [4.69, 9.17) is 4.98 Å². The molecule has 6 heteroatoms. The molecule has 150 valence electrons. The van der Waals surface area contributed by atoms with Crippen LogP contribution in [0.5, 0.6) is 0 Å². The van der Waals surface area contributed by atoms with Crippen LogP contribution in [-0.2, 0) is 4.79 Å². The molecule has 2 aromatic heterocycles. The van der Waals surface area contributed by atoms with Crippen molar-refractivity contribution in [3.05, 3.63) is 88.0 Å². The van der Waals surface area contributed by atoms with Crippen molar-refractivity contribution in [2.45, 2.75) is 26.2 Å². The Labute approximate surface area is 173 Å². The first-order valence-electron chi connectivity index (χ1n) is 10.1. The van der Waals surface area contributed by atoms with Crippen molar-refractivity contribution >= 4 is 17.2 Å². The maximum absolute atomic E-state index is 12.8. The normalized spacial score (nSPS) is 16.5. The number of carbonyl (C=O) groups excluding carboxylic acids is 1. The van der Waals surface area contributed by atoms with Crippen LogP contribution in [0.3, 0.4) is 0 Å². The topological polar surface area (TPSA) is 70.5 Å². The first-order valence-corrected chi connectivity index (χ1v) is 10.1. The number of aromatic nitrogens is 3. The minimum atomic E-state index is -0.165. The van der Waals surface area contributed by atoms with E-state index in [0.29, 0.717) is 24.3 Å². The lowest BCUT2D eigenvalue weighted by molar-refractivity contribution is -0.117. The van der Waals surface area contributed by atoms with Gasteiger partial charge in [0.15, 0.2) is 5.65 Å². The number of nitrogens with one attached hydrogen (secondary N) is 1. The van der Waals surface area contributed by atoms with Gasteiger partial charge in [-0.2, -0.15) is 0 Å². The lowest BCUT2D eigenvalue weighted by Gasteiger charge is -2.17. The third-order valence-corrected chi connectivity index (χ3v) is 5.74. The van der Waals surface area contributed by atoms with E-state index in [1.165, 1.54) is 4.52 Å². The number of carbonyl (C=O) groups is 1. The highest BCUT2D eigenvalue weighted by Gasteiger charge is 2.33. The van der Waals surface area contributed by atoms with Crippen molar-refractivity contribution in [2.24, 2.45) is 0 Å². The van der Waals surface area contributed by atoms with Crippen molar-refractivity contribution in [3.63, 3.8) is 0 Å². The summed E-state index contributed by atoms with van der Waals surface area (Å²) in [6, 6.07) is 19.4. The Morgan fingerprint density at radius 1 is 1.00 bits per heavy atom. The van der Waals surface area contributed by atoms with Crippen molar-refractivity contribution in [2.75, 3.05) is 11.4 Å². The van der Waals surface area contributed by atoms with Gasteiger partial charge in [0.1, 0.15) is 0 Å². The van der Waals surface area contributed by atoms with Gasteiger partial charge in [0.25, 0.3) is 5.56 Å². The second-order valence-corrected chi connectivity index (χ2v) is 7.90. The quantitative estimate of drug-likeness (QED) is 0.570.